The van der Waals surface area contributed by atoms with Crippen molar-refractivity contribution < 1.29 is 9.53 Å². The Bertz CT molecular complexity index is 616. The summed E-state index contributed by atoms with van der Waals surface area (Å²) < 4.78 is 5.47. The number of hydrogen-bond acceptors (Lipinski definition) is 6. The highest BCUT2D eigenvalue weighted by Gasteiger charge is 2.49. The second kappa shape index (κ2) is 6.88. The normalized spacial score (nSPS) is 28.8. The van der Waals surface area contributed by atoms with Gasteiger partial charge in [0.1, 0.15) is 0 Å². The zero-order valence-corrected chi connectivity index (χ0v) is 14.7. The van der Waals surface area contributed by atoms with Gasteiger partial charge < -0.3 is 15.4 Å². The minimum atomic E-state index is -0.189. The molecule has 0 aromatic carbocycles. The van der Waals surface area contributed by atoms with E-state index in [1.54, 1.807) is 12.4 Å². The summed E-state index contributed by atoms with van der Waals surface area (Å²) in [5, 5.41) is 0. The van der Waals surface area contributed by atoms with E-state index in [1.165, 1.54) is 0 Å². The molecule has 3 aliphatic rings. The van der Waals surface area contributed by atoms with Crippen molar-refractivity contribution in [1.29, 1.82) is 0 Å². The summed E-state index contributed by atoms with van der Waals surface area (Å²) in [6.07, 6.45) is 8.61. The third-order valence-electron chi connectivity index (χ3n) is 5.96. The highest BCUT2D eigenvalue weighted by atomic mass is 16.5. The van der Waals surface area contributed by atoms with Crippen LogP contribution in [-0.2, 0) is 16.1 Å². The van der Waals surface area contributed by atoms with E-state index in [0.717, 1.165) is 77.1 Å². The standard InChI is InChI=1S/C18H27N5O2/c19-17-20-10-14(11-21-17)12-22-7-5-18(13-22)4-1-6-23(16(18)24)15-2-8-25-9-3-15/h10-11,15H,1-9,12-13H2,(H2,19,20,21)/t18-/m1/s1. The Morgan fingerprint density at radius 1 is 1.20 bits per heavy atom. The minimum Gasteiger partial charge on any atom is -0.381 e. The largest absolute Gasteiger partial charge is 0.381 e. The summed E-state index contributed by atoms with van der Waals surface area (Å²) >= 11 is 0. The molecule has 3 saturated heterocycles. The lowest BCUT2D eigenvalue weighted by Gasteiger charge is -2.44. The number of hydrogen-bond donors (Lipinski definition) is 1. The Morgan fingerprint density at radius 2 is 1.96 bits per heavy atom. The highest BCUT2D eigenvalue weighted by Crippen LogP contribution is 2.41. The van der Waals surface area contributed by atoms with Crippen LogP contribution in [0.4, 0.5) is 5.95 Å². The molecular weight excluding hydrogens is 318 g/mol. The smallest absolute Gasteiger partial charge is 0.230 e. The summed E-state index contributed by atoms with van der Waals surface area (Å²) in [6.45, 7) is 5.06. The maximum Gasteiger partial charge on any atom is 0.230 e. The molecule has 1 amide bonds. The van der Waals surface area contributed by atoms with Crippen LogP contribution in [0, 0.1) is 5.41 Å². The fraction of sp³-hybridized carbons (Fsp3) is 0.722. The number of likely N-dealkylation sites (tertiary alicyclic amines) is 2. The number of carbonyl (C=O) groups is 1. The van der Waals surface area contributed by atoms with Gasteiger partial charge in [0, 0.05) is 56.8 Å². The Morgan fingerprint density at radius 3 is 2.72 bits per heavy atom. The molecule has 1 aromatic rings. The summed E-state index contributed by atoms with van der Waals surface area (Å²) in [7, 11) is 0. The number of nitrogens with zero attached hydrogens (tertiary/aromatic N) is 4. The van der Waals surface area contributed by atoms with Crippen LogP contribution in [-0.4, -0.2) is 64.6 Å². The molecule has 0 aliphatic carbocycles. The molecule has 1 aromatic heterocycles. The van der Waals surface area contributed by atoms with Crippen molar-refractivity contribution in [2.24, 2.45) is 5.41 Å². The van der Waals surface area contributed by atoms with Crippen LogP contribution < -0.4 is 5.73 Å². The van der Waals surface area contributed by atoms with Crippen molar-refractivity contribution >= 4 is 11.9 Å². The molecule has 0 saturated carbocycles. The SMILES string of the molecule is Nc1ncc(CN2CC[C@]3(CCCN(C4CCOCC4)C3=O)C2)cn1. The lowest BCUT2D eigenvalue weighted by atomic mass is 9.77. The van der Waals surface area contributed by atoms with E-state index in [1.807, 2.05) is 0 Å². The second-order valence-electron chi connectivity index (χ2n) is 7.64. The Labute approximate surface area is 148 Å². The number of anilines is 1. The number of nitrogens with two attached hydrogens (primary N) is 1. The van der Waals surface area contributed by atoms with Crippen molar-refractivity contribution in [2.45, 2.75) is 44.7 Å². The zero-order valence-electron chi connectivity index (χ0n) is 14.7. The second-order valence-corrected chi connectivity index (χ2v) is 7.64. The van der Waals surface area contributed by atoms with E-state index in [4.69, 9.17) is 10.5 Å². The first-order valence-electron chi connectivity index (χ1n) is 9.34. The van der Waals surface area contributed by atoms with Gasteiger partial charge in [-0.1, -0.05) is 0 Å². The third-order valence-corrected chi connectivity index (χ3v) is 5.96. The molecule has 1 spiro atoms. The number of amides is 1. The predicted molar refractivity (Wildman–Crippen MR) is 93.6 cm³/mol. The lowest BCUT2D eigenvalue weighted by Crippen LogP contribution is -2.54. The molecule has 0 radical (unpaired) electrons. The molecule has 25 heavy (non-hydrogen) atoms. The average molecular weight is 345 g/mol. The quantitative estimate of drug-likeness (QED) is 0.881. The molecule has 7 heteroatoms. The number of rotatable bonds is 3. The summed E-state index contributed by atoms with van der Waals surface area (Å²) in [5.41, 5.74) is 6.42. The molecule has 4 heterocycles. The number of aromatic nitrogens is 2. The van der Waals surface area contributed by atoms with Crippen LogP contribution in [0.15, 0.2) is 12.4 Å². The minimum absolute atomic E-state index is 0.189. The van der Waals surface area contributed by atoms with Gasteiger partial charge in [-0.25, -0.2) is 9.97 Å². The number of carbonyl (C=O) groups excluding carboxylic acids is 1. The van der Waals surface area contributed by atoms with Crippen LogP contribution >= 0.6 is 0 Å². The molecule has 7 nitrogen and oxygen atoms in total. The van der Waals surface area contributed by atoms with Gasteiger partial charge in [0.2, 0.25) is 11.9 Å². The van der Waals surface area contributed by atoms with Crippen LogP contribution in [0.3, 0.4) is 0 Å². The van der Waals surface area contributed by atoms with E-state index in [2.05, 4.69) is 19.8 Å². The van der Waals surface area contributed by atoms with E-state index < -0.39 is 0 Å². The number of ether oxygens (including phenoxy) is 1. The van der Waals surface area contributed by atoms with Crippen LogP contribution in [0.2, 0.25) is 0 Å². The first kappa shape index (κ1) is 16.7. The van der Waals surface area contributed by atoms with E-state index >= 15 is 0 Å². The zero-order chi connectivity index (χ0) is 17.3. The Balaban J connectivity index is 1.42. The molecule has 3 fully saturated rings. The van der Waals surface area contributed by atoms with Crippen LogP contribution in [0.25, 0.3) is 0 Å². The van der Waals surface area contributed by atoms with E-state index in [9.17, 15) is 4.79 Å². The maximum absolute atomic E-state index is 13.3. The molecule has 4 rings (SSSR count). The van der Waals surface area contributed by atoms with E-state index in [-0.39, 0.29) is 5.41 Å². The van der Waals surface area contributed by atoms with Gasteiger partial charge in [0.15, 0.2) is 0 Å². The van der Waals surface area contributed by atoms with Crippen LogP contribution in [0.5, 0.6) is 0 Å². The van der Waals surface area contributed by atoms with Gasteiger partial charge in [-0.2, -0.15) is 0 Å². The third kappa shape index (κ3) is 3.35. The molecule has 2 N–H and O–H groups in total. The van der Waals surface area contributed by atoms with Gasteiger partial charge in [-0.3, -0.25) is 9.69 Å². The van der Waals surface area contributed by atoms with Gasteiger partial charge in [-0.05, 0) is 38.6 Å². The lowest BCUT2D eigenvalue weighted by molar-refractivity contribution is -0.150. The Hall–Kier alpha value is -1.73. The number of nitrogen functional groups attached to an aromatic ring is 1. The number of piperidine rings is 1. The molecular formula is C18H27N5O2. The molecule has 3 aliphatic heterocycles. The maximum atomic E-state index is 13.3. The first-order chi connectivity index (χ1) is 12.2. The summed E-state index contributed by atoms with van der Waals surface area (Å²) in [6, 6.07) is 0.373. The average Bonchev–Trinajstić information content (AvgIpc) is 3.04. The monoisotopic (exact) mass is 345 g/mol. The fourth-order valence-corrected chi connectivity index (χ4v) is 4.62. The van der Waals surface area contributed by atoms with Crippen LogP contribution in [0.1, 0.15) is 37.7 Å². The topological polar surface area (TPSA) is 84.6 Å². The first-order valence-corrected chi connectivity index (χ1v) is 9.34. The van der Waals surface area contributed by atoms with Gasteiger partial charge >= 0.3 is 0 Å². The van der Waals surface area contributed by atoms with Crippen molar-refractivity contribution in [3.8, 4) is 0 Å². The van der Waals surface area contributed by atoms with Gasteiger partial charge in [-0.15, -0.1) is 0 Å². The molecule has 1 atom stereocenters. The fourth-order valence-electron chi connectivity index (χ4n) is 4.62. The Kier molecular flexibility index (Phi) is 4.60. The van der Waals surface area contributed by atoms with Crippen molar-refractivity contribution in [3.05, 3.63) is 18.0 Å². The summed E-state index contributed by atoms with van der Waals surface area (Å²) in [4.78, 5) is 26.0. The predicted octanol–water partition coefficient (Wildman–Crippen LogP) is 1.05. The summed E-state index contributed by atoms with van der Waals surface area (Å²) in [5.74, 6) is 0.679. The van der Waals surface area contributed by atoms with E-state index in [0.29, 0.717) is 17.9 Å². The van der Waals surface area contributed by atoms with Crippen molar-refractivity contribution in [1.82, 2.24) is 19.8 Å². The van der Waals surface area contributed by atoms with Crippen molar-refractivity contribution in [3.63, 3.8) is 0 Å². The van der Waals surface area contributed by atoms with Gasteiger partial charge in [0.05, 0.1) is 5.41 Å². The van der Waals surface area contributed by atoms with Crippen molar-refractivity contribution in [2.75, 3.05) is 38.6 Å². The molecule has 136 valence electrons. The molecule has 0 unspecified atom stereocenters. The van der Waals surface area contributed by atoms with Gasteiger partial charge in [0.25, 0.3) is 0 Å². The molecule has 0 bridgehead atoms. The highest BCUT2D eigenvalue weighted by molar-refractivity contribution is 5.84.